The van der Waals surface area contributed by atoms with Crippen LogP contribution in [0.5, 0.6) is 0 Å². The molecule has 2 heterocycles. The van der Waals surface area contributed by atoms with Crippen molar-refractivity contribution in [3.63, 3.8) is 0 Å². The third-order valence-electron chi connectivity index (χ3n) is 5.48. The molecule has 0 bridgehead atoms. The van der Waals surface area contributed by atoms with Crippen molar-refractivity contribution in [1.82, 2.24) is 4.90 Å². The molecule has 0 radical (unpaired) electrons. The van der Waals surface area contributed by atoms with Crippen molar-refractivity contribution in [2.45, 2.75) is 32.0 Å². The fourth-order valence-electron chi connectivity index (χ4n) is 3.85. The summed E-state index contributed by atoms with van der Waals surface area (Å²) in [5.74, 6) is 1.07. The molecule has 2 aliphatic rings. The van der Waals surface area contributed by atoms with E-state index in [-0.39, 0.29) is 24.1 Å². The number of ether oxygens (including phenoxy) is 1. The Morgan fingerprint density at radius 1 is 1.10 bits per heavy atom. The van der Waals surface area contributed by atoms with Crippen molar-refractivity contribution in [2.24, 2.45) is 0 Å². The predicted octanol–water partition coefficient (Wildman–Crippen LogP) is 4.85. The normalized spacial score (nSPS) is 18.0. The van der Waals surface area contributed by atoms with E-state index in [2.05, 4.69) is 5.32 Å². The van der Waals surface area contributed by atoms with Crippen LogP contribution in [0.4, 0.5) is 5.69 Å². The number of amides is 1. The maximum absolute atomic E-state index is 13.1. The van der Waals surface area contributed by atoms with Crippen LogP contribution in [-0.2, 0) is 4.74 Å². The average Bonchev–Trinajstić information content (AvgIpc) is 3.49. The number of nitrogens with zero attached hydrogens (tertiary/aromatic N) is 1. The molecular weight excluding hydrogens is 380 g/mol. The number of anilines is 1. The second-order valence-electron chi connectivity index (χ2n) is 7.54. The van der Waals surface area contributed by atoms with Gasteiger partial charge in [-0.2, -0.15) is 0 Å². The monoisotopic (exact) mass is 402 g/mol. The highest BCUT2D eigenvalue weighted by Gasteiger charge is 2.43. The molecule has 152 valence electrons. The van der Waals surface area contributed by atoms with Crippen LogP contribution in [0.15, 0.2) is 65.1 Å². The molecule has 1 aliphatic carbocycles. The lowest BCUT2D eigenvalue weighted by atomic mass is 10.1. The number of carbonyl (C=O) groups excluding carboxylic acids is 2. The van der Waals surface area contributed by atoms with Gasteiger partial charge in [-0.1, -0.05) is 24.3 Å². The van der Waals surface area contributed by atoms with Crippen LogP contribution in [0.25, 0.3) is 11.3 Å². The summed E-state index contributed by atoms with van der Waals surface area (Å²) < 4.78 is 11.2. The zero-order valence-corrected chi connectivity index (χ0v) is 16.6. The molecule has 1 aromatic heterocycles. The van der Waals surface area contributed by atoms with Gasteiger partial charge >= 0.3 is 5.97 Å². The first-order valence-electron chi connectivity index (χ1n) is 10.2. The molecule has 1 atom stereocenters. The first-order valence-corrected chi connectivity index (χ1v) is 10.2. The van der Waals surface area contributed by atoms with Gasteiger partial charge < -0.3 is 19.4 Å². The Hall–Kier alpha value is -3.54. The molecule has 1 aliphatic heterocycles. The van der Waals surface area contributed by atoms with Crippen molar-refractivity contribution in [3.05, 3.63) is 77.6 Å². The van der Waals surface area contributed by atoms with Crippen molar-refractivity contribution in [1.29, 1.82) is 0 Å². The quantitative estimate of drug-likeness (QED) is 0.618. The van der Waals surface area contributed by atoms with Gasteiger partial charge in [-0.15, -0.1) is 0 Å². The largest absolute Gasteiger partial charge is 0.462 e. The Balaban J connectivity index is 1.43. The molecule has 2 aromatic carbocycles. The van der Waals surface area contributed by atoms with E-state index in [4.69, 9.17) is 9.15 Å². The number of hydrogen-bond donors (Lipinski definition) is 1. The van der Waals surface area contributed by atoms with Crippen LogP contribution in [0.2, 0.25) is 0 Å². The molecule has 1 N–H and O–H groups in total. The van der Waals surface area contributed by atoms with Gasteiger partial charge in [0, 0.05) is 17.3 Å². The second kappa shape index (κ2) is 7.37. The molecule has 30 heavy (non-hydrogen) atoms. The molecule has 1 fully saturated rings. The zero-order valence-electron chi connectivity index (χ0n) is 16.6. The van der Waals surface area contributed by atoms with E-state index in [1.54, 1.807) is 19.1 Å². The van der Waals surface area contributed by atoms with Crippen molar-refractivity contribution in [3.8, 4) is 11.3 Å². The highest BCUT2D eigenvalue weighted by molar-refractivity contribution is 6.02. The van der Waals surface area contributed by atoms with Crippen molar-refractivity contribution < 1.29 is 18.7 Å². The van der Waals surface area contributed by atoms with Crippen molar-refractivity contribution in [2.75, 3.05) is 11.9 Å². The van der Waals surface area contributed by atoms with Gasteiger partial charge in [-0.05, 0) is 56.2 Å². The highest BCUT2D eigenvalue weighted by atomic mass is 16.5. The minimum absolute atomic E-state index is 0.0357. The van der Waals surface area contributed by atoms with Crippen LogP contribution in [0.3, 0.4) is 0 Å². The summed E-state index contributed by atoms with van der Waals surface area (Å²) in [6.07, 6.45) is 1.68. The van der Waals surface area contributed by atoms with Gasteiger partial charge in [0.05, 0.1) is 17.7 Å². The molecule has 0 saturated heterocycles. The van der Waals surface area contributed by atoms with Gasteiger partial charge in [-0.25, -0.2) is 4.79 Å². The van der Waals surface area contributed by atoms with E-state index in [0.717, 1.165) is 24.1 Å². The molecular formula is C24H22N2O4. The maximum Gasteiger partial charge on any atom is 0.338 e. The molecule has 0 unspecified atom stereocenters. The van der Waals surface area contributed by atoms with Crippen molar-refractivity contribution >= 4 is 17.6 Å². The number of benzene rings is 2. The highest BCUT2D eigenvalue weighted by Crippen LogP contribution is 2.41. The smallest absolute Gasteiger partial charge is 0.338 e. The van der Waals surface area contributed by atoms with Gasteiger partial charge in [-0.3, -0.25) is 4.79 Å². The average molecular weight is 402 g/mol. The number of fused-ring (bicyclic) bond motifs is 1. The van der Waals surface area contributed by atoms with E-state index in [1.165, 1.54) is 0 Å². The second-order valence-corrected chi connectivity index (χ2v) is 7.54. The number of hydrogen-bond acceptors (Lipinski definition) is 5. The van der Waals surface area contributed by atoms with Gasteiger partial charge in [0.25, 0.3) is 5.91 Å². The summed E-state index contributed by atoms with van der Waals surface area (Å²) in [6.45, 7) is 2.12. The number of para-hydroxylation sites is 1. The molecule has 5 rings (SSSR count). The molecule has 1 saturated carbocycles. The van der Waals surface area contributed by atoms with E-state index in [0.29, 0.717) is 29.3 Å². The van der Waals surface area contributed by atoms with Gasteiger partial charge in [0.15, 0.2) is 6.17 Å². The van der Waals surface area contributed by atoms with Gasteiger partial charge in [0.2, 0.25) is 0 Å². The van der Waals surface area contributed by atoms with Crippen LogP contribution in [-0.4, -0.2) is 29.4 Å². The van der Waals surface area contributed by atoms with E-state index < -0.39 is 0 Å². The Kier molecular flexibility index (Phi) is 4.54. The lowest BCUT2D eigenvalue weighted by Gasteiger charge is -2.37. The minimum atomic E-state index is -0.340. The standard InChI is InChI=1S/C24H22N2O4/c1-2-29-24(28)16-9-7-15(8-10-16)20-13-14-21(30-20)22-25-19-6-4-3-5-18(19)23(27)26(22)17-11-12-17/h3-10,13-14,17,22,25H,2,11-12H2,1H3/t22-/m1/s1. The summed E-state index contributed by atoms with van der Waals surface area (Å²) in [4.78, 5) is 26.9. The fourth-order valence-corrected chi connectivity index (χ4v) is 3.85. The third-order valence-corrected chi connectivity index (χ3v) is 5.48. The topological polar surface area (TPSA) is 71.8 Å². The Morgan fingerprint density at radius 2 is 1.87 bits per heavy atom. The van der Waals surface area contributed by atoms with E-state index in [1.807, 2.05) is 53.4 Å². The molecule has 0 spiro atoms. The maximum atomic E-state index is 13.1. The summed E-state index contributed by atoms with van der Waals surface area (Å²) >= 11 is 0. The zero-order chi connectivity index (χ0) is 20.7. The van der Waals surface area contributed by atoms with Crippen LogP contribution in [0.1, 0.15) is 52.4 Å². The number of esters is 1. The lowest BCUT2D eigenvalue weighted by Crippen LogP contribution is -2.44. The molecule has 6 nitrogen and oxygen atoms in total. The Labute approximate surface area is 174 Å². The number of furan rings is 1. The predicted molar refractivity (Wildman–Crippen MR) is 112 cm³/mol. The first-order chi connectivity index (χ1) is 14.7. The summed E-state index contributed by atoms with van der Waals surface area (Å²) in [7, 11) is 0. The Bertz CT molecular complexity index is 1100. The van der Waals surface area contributed by atoms with Crippen LogP contribution in [0, 0.1) is 0 Å². The molecule has 1 amide bonds. The molecule has 6 heteroatoms. The summed E-state index contributed by atoms with van der Waals surface area (Å²) in [5.41, 5.74) is 2.88. The molecule has 3 aromatic rings. The van der Waals surface area contributed by atoms with E-state index in [9.17, 15) is 9.59 Å². The first kappa shape index (κ1) is 18.5. The Morgan fingerprint density at radius 3 is 2.60 bits per heavy atom. The number of carbonyl (C=O) groups is 2. The van der Waals surface area contributed by atoms with Crippen LogP contribution < -0.4 is 5.32 Å². The number of rotatable bonds is 5. The number of nitrogens with one attached hydrogen (secondary N) is 1. The SMILES string of the molecule is CCOC(=O)c1ccc(-c2ccc([C@@H]3Nc4ccccc4C(=O)N3C3CC3)o2)cc1. The van der Waals surface area contributed by atoms with Crippen LogP contribution >= 0.6 is 0 Å². The minimum Gasteiger partial charge on any atom is -0.462 e. The lowest BCUT2D eigenvalue weighted by molar-refractivity contribution is 0.0526. The van der Waals surface area contributed by atoms with Gasteiger partial charge in [0.1, 0.15) is 11.5 Å². The third kappa shape index (κ3) is 3.24. The summed E-state index contributed by atoms with van der Waals surface area (Å²) in [6, 6.07) is 18.7. The van der Waals surface area contributed by atoms with E-state index >= 15 is 0 Å². The summed E-state index contributed by atoms with van der Waals surface area (Å²) in [5, 5.41) is 3.47. The fraction of sp³-hybridized carbons (Fsp3) is 0.250.